The van der Waals surface area contributed by atoms with E-state index in [1.807, 2.05) is 26.8 Å². The highest BCUT2D eigenvalue weighted by atomic mass is 32.2. The molecule has 10 heteroatoms. The van der Waals surface area contributed by atoms with Gasteiger partial charge in [0.25, 0.3) is 10.0 Å². The first-order valence-corrected chi connectivity index (χ1v) is 10.8. The second kappa shape index (κ2) is 7.35. The molecule has 30 heavy (non-hydrogen) atoms. The van der Waals surface area contributed by atoms with Crippen molar-refractivity contribution in [2.75, 3.05) is 0 Å². The van der Waals surface area contributed by atoms with E-state index < -0.39 is 21.9 Å². The van der Waals surface area contributed by atoms with Gasteiger partial charge in [-0.3, -0.25) is 0 Å². The van der Waals surface area contributed by atoms with Gasteiger partial charge in [-0.15, -0.1) is 0 Å². The molecule has 3 aromatic rings. The molecular weight excluding hydrogens is 435 g/mol. The van der Waals surface area contributed by atoms with Gasteiger partial charge in [-0.1, -0.05) is 45.1 Å². The molecule has 2 heterocycles. The van der Waals surface area contributed by atoms with E-state index in [1.165, 1.54) is 12.1 Å². The van der Waals surface area contributed by atoms with Crippen molar-refractivity contribution in [1.82, 2.24) is 8.96 Å². The second-order valence-corrected chi connectivity index (χ2v) is 10.2. The quantitative estimate of drug-likeness (QED) is 0.590. The highest BCUT2D eigenvalue weighted by Gasteiger charge is 2.33. The lowest BCUT2D eigenvalue weighted by Crippen LogP contribution is -2.20. The van der Waals surface area contributed by atoms with Crippen LogP contribution in [-0.2, 0) is 28.0 Å². The fourth-order valence-electron chi connectivity index (χ4n) is 3.09. The van der Waals surface area contributed by atoms with Crippen molar-refractivity contribution in [2.24, 2.45) is 5.73 Å². The smallest absolute Gasteiger partial charge is 0.393 e. The molecule has 0 amide bonds. The van der Waals surface area contributed by atoms with E-state index in [1.54, 1.807) is 12.1 Å². The van der Waals surface area contributed by atoms with Crippen molar-refractivity contribution >= 4 is 38.3 Å². The van der Waals surface area contributed by atoms with Crippen LogP contribution in [0.15, 0.2) is 47.4 Å². The lowest BCUT2D eigenvalue weighted by atomic mass is 9.87. The molecule has 0 radical (unpaired) electrons. The maximum absolute atomic E-state index is 13.5. The Hall–Kier alpha value is -2.46. The molecule has 0 aliphatic carbocycles. The Morgan fingerprint density at radius 3 is 2.37 bits per heavy atom. The third kappa shape index (κ3) is 4.20. The number of halogens is 3. The predicted octanol–water partition coefficient (Wildman–Crippen LogP) is 4.42. The summed E-state index contributed by atoms with van der Waals surface area (Å²) in [5.74, 6) is 0. The average Bonchev–Trinajstić information content (AvgIpc) is 2.97. The monoisotopic (exact) mass is 455 g/mol. The summed E-state index contributed by atoms with van der Waals surface area (Å²) in [5, 5.41) is 0. The van der Waals surface area contributed by atoms with E-state index >= 15 is 0 Å². The zero-order chi connectivity index (χ0) is 22.5. The Bertz CT molecular complexity index is 1240. The molecule has 0 bridgehead atoms. The summed E-state index contributed by atoms with van der Waals surface area (Å²) in [5.41, 5.74) is 5.06. The summed E-state index contributed by atoms with van der Waals surface area (Å²) in [6.07, 6.45) is -4.76. The normalized spacial score (nSPS) is 13.0. The summed E-state index contributed by atoms with van der Waals surface area (Å²) >= 11 is 4.91. The number of benzene rings is 1. The summed E-state index contributed by atoms with van der Waals surface area (Å²) in [7, 11) is -4.15. The standard InChI is InChI=1S/C20H20F3N3O2S2/c1-19(2,3)12-5-4-6-14(9-12)30(27,28)26-13(11-18(24)29)10-15-16(26)7-8-17(25-15)20(21,22)23/h4-10H,11H2,1-3H3,(H2,24,29). The number of pyridine rings is 1. The molecule has 0 fully saturated rings. The molecule has 1 aromatic carbocycles. The SMILES string of the molecule is CC(C)(C)c1cccc(S(=O)(=O)n2c(CC(N)=S)cc3nc(C(F)(F)F)ccc32)c1. The highest BCUT2D eigenvalue weighted by Crippen LogP contribution is 2.32. The van der Waals surface area contributed by atoms with Crippen molar-refractivity contribution in [1.29, 1.82) is 0 Å². The number of hydrogen-bond donors (Lipinski definition) is 1. The zero-order valence-corrected chi connectivity index (χ0v) is 18.1. The van der Waals surface area contributed by atoms with Crippen molar-refractivity contribution in [3.63, 3.8) is 0 Å². The Morgan fingerprint density at radius 2 is 1.80 bits per heavy atom. The molecule has 2 aromatic heterocycles. The summed E-state index contributed by atoms with van der Waals surface area (Å²) in [4.78, 5) is 3.62. The minimum absolute atomic E-state index is 0.00810. The zero-order valence-electron chi connectivity index (χ0n) is 16.5. The van der Waals surface area contributed by atoms with Crippen molar-refractivity contribution in [2.45, 2.75) is 43.7 Å². The third-order valence-electron chi connectivity index (χ3n) is 4.57. The van der Waals surface area contributed by atoms with Gasteiger partial charge in [0.15, 0.2) is 0 Å². The van der Waals surface area contributed by atoms with Crippen molar-refractivity contribution in [3.05, 3.63) is 59.4 Å². The third-order valence-corrected chi connectivity index (χ3v) is 6.48. The molecule has 3 rings (SSSR count). The Kier molecular flexibility index (Phi) is 5.44. The van der Waals surface area contributed by atoms with Gasteiger partial charge in [0.1, 0.15) is 5.69 Å². The van der Waals surface area contributed by atoms with Gasteiger partial charge in [0.05, 0.1) is 20.9 Å². The topological polar surface area (TPSA) is 78.0 Å². The number of alkyl halides is 3. The number of aromatic nitrogens is 2. The maximum Gasteiger partial charge on any atom is 0.433 e. The van der Waals surface area contributed by atoms with Crippen LogP contribution in [0.4, 0.5) is 13.2 Å². The first kappa shape index (κ1) is 22.2. The van der Waals surface area contributed by atoms with Crippen LogP contribution in [0.1, 0.15) is 37.7 Å². The number of thiocarbonyl (C=S) groups is 1. The summed E-state index contributed by atoms with van der Waals surface area (Å²) in [6, 6.07) is 9.58. The van der Waals surface area contributed by atoms with Crippen LogP contribution in [0, 0.1) is 0 Å². The number of hydrogen-bond acceptors (Lipinski definition) is 4. The Labute approximate surface area is 177 Å². The van der Waals surface area contributed by atoms with E-state index in [4.69, 9.17) is 18.0 Å². The summed E-state index contributed by atoms with van der Waals surface area (Å²) < 4.78 is 67.2. The fourth-order valence-corrected chi connectivity index (χ4v) is 4.81. The maximum atomic E-state index is 13.5. The van der Waals surface area contributed by atoms with E-state index in [0.717, 1.165) is 21.7 Å². The average molecular weight is 456 g/mol. The summed E-state index contributed by atoms with van der Waals surface area (Å²) in [6.45, 7) is 5.85. The van der Waals surface area contributed by atoms with E-state index in [2.05, 4.69) is 4.98 Å². The minimum Gasteiger partial charge on any atom is -0.393 e. The van der Waals surface area contributed by atoms with E-state index in [0.29, 0.717) is 0 Å². The fraction of sp³-hybridized carbons (Fsp3) is 0.300. The Morgan fingerprint density at radius 1 is 1.13 bits per heavy atom. The lowest BCUT2D eigenvalue weighted by molar-refractivity contribution is -0.140. The van der Waals surface area contributed by atoms with E-state index in [-0.39, 0.29) is 38.4 Å². The molecule has 0 aliphatic rings. The number of fused-ring (bicyclic) bond motifs is 1. The Balaban J connectivity index is 2.28. The van der Waals surface area contributed by atoms with Gasteiger partial charge in [-0.25, -0.2) is 17.4 Å². The lowest BCUT2D eigenvalue weighted by Gasteiger charge is -2.20. The molecule has 2 N–H and O–H groups in total. The predicted molar refractivity (Wildman–Crippen MR) is 113 cm³/mol. The largest absolute Gasteiger partial charge is 0.433 e. The minimum atomic E-state index is -4.65. The second-order valence-electron chi connectivity index (χ2n) is 7.92. The number of nitrogens with two attached hydrogens (primary N) is 1. The number of nitrogens with zero attached hydrogens (tertiary/aromatic N) is 2. The van der Waals surface area contributed by atoms with Crippen LogP contribution >= 0.6 is 12.2 Å². The molecule has 0 saturated carbocycles. The van der Waals surface area contributed by atoms with E-state index in [9.17, 15) is 21.6 Å². The molecule has 5 nitrogen and oxygen atoms in total. The van der Waals surface area contributed by atoms with Crippen LogP contribution in [0.3, 0.4) is 0 Å². The molecule has 0 saturated heterocycles. The number of rotatable bonds is 4. The molecule has 0 atom stereocenters. The van der Waals surface area contributed by atoms with Gasteiger partial charge >= 0.3 is 6.18 Å². The van der Waals surface area contributed by atoms with Crippen LogP contribution in [-0.4, -0.2) is 22.4 Å². The highest BCUT2D eigenvalue weighted by molar-refractivity contribution is 7.90. The van der Waals surface area contributed by atoms with Crippen molar-refractivity contribution in [3.8, 4) is 0 Å². The van der Waals surface area contributed by atoms with Gasteiger partial charge in [-0.05, 0) is 41.3 Å². The van der Waals surface area contributed by atoms with Crippen molar-refractivity contribution < 1.29 is 21.6 Å². The first-order chi connectivity index (χ1) is 13.7. The van der Waals surface area contributed by atoms with Gasteiger partial charge in [0.2, 0.25) is 0 Å². The molecular formula is C20H20F3N3O2S2. The van der Waals surface area contributed by atoms with Gasteiger partial charge < -0.3 is 5.73 Å². The molecule has 160 valence electrons. The van der Waals surface area contributed by atoms with Crippen LogP contribution in [0.2, 0.25) is 0 Å². The van der Waals surface area contributed by atoms with Gasteiger partial charge in [0, 0.05) is 12.1 Å². The molecule has 0 spiro atoms. The first-order valence-electron chi connectivity index (χ1n) is 8.94. The molecule has 0 aliphatic heterocycles. The van der Waals surface area contributed by atoms with Crippen LogP contribution < -0.4 is 5.73 Å². The van der Waals surface area contributed by atoms with Crippen LogP contribution in [0.5, 0.6) is 0 Å². The van der Waals surface area contributed by atoms with Crippen LogP contribution in [0.25, 0.3) is 11.0 Å². The molecule has 0 unspecified atom stereocenters. The van der Waals surface area contributed by atoms with Gasteiger partial charge in [-0.2, -0.15) is 13.2 Å².